The minimum absolute atomic E-state index is 0.0294. The van der Waals surface area contributed by atoms with Crippen molar-refractivity contribution in [1.82, 2.24) is 9.88 Å². The largest absolute Gasteiger partial charge is 0.493 e. The van der Waals surface area contributed by atoms with Crippen LogP contribution in [0.1, 0.15) is 35.6 Å². The van der Waals surface area contributed by atoms with Crippen LogP contribution in [0.3, 0.4) is 0 Å². The van der Waals surface area contributed by atoms with Gasteiger partial charge in [-0.25, -0.2) is 4.99 Å². The predicted molar refractivity (Wildman–Crippen MR) is 133 cm³/mol. The molecule has 0 radical (unpaired) electrons. The maximum Gasteiger partial charge on any atom is 0.417 e. The minimum atomic E-state index is -4.56. The average molecular weight is 527 g/mol. The van der Waals surface area contributed by atoms with Gasteiger partial charge < -0.3 is 15.6 Å². The summed E-state index contributed by atoms with van der Waals surface area (Å²) in [4.78, 5) is 32.3. The highest BCUT2D eigenvalue weighted by Crippen LogP contribution is 2.43. The smallest absolute Gasteiger partial charge is 0.417 e. The van der Waals surface area contributed by atoms with Crippen molar-refractivity contribution in [3.63, 3.8) is 0 Å². The van der Waals surface area contributed by atoms with Crippen LogP contribution in [0.2, 0.25) is 0 Å². The Labute approximate surface area is 216 Å². The highest BCUT2D eigenvalue weighted by atomic mass is 19.4. The van der Waals surface area contributed by atoms with Gasteiger partial charge in [0.2, 0.25) is 0 Å². The first-order chi connectivity index (χ1) is 17.9. The lowest BCUT2D eigenvalue weighted by atomic mass is 9.80. The molecule has 3 N–H and O–H groups in total. The van der Waals surface area contributed by atoms with Crippen LogP contribution in [-0.4, -0.2) is 46.5 Å². The number of ether oxygens (including phenoxy) is 1. The summed E-state index contributed by atoms with van der Waals surface area (Å²) in [6.07, 6.45) is -0.651. The van der Waals surface area contributed by atoms with Crippen LogP contribution in [-0.2, 0) is 27.7 Å². The van der Waals surface area contributed by atoms with Gasteiger partial charge in [-0.1, -0.05) is 24.3 Å². The van der Waals surface area contributed by atoms with Crippen LogP contribution in [0, 0.1) is 0 Å². The van der Waals surface area contributed by atoms with Crippen molar-refractivity contribution in [2.24, 2.45) is 10.7 Å². The van der Waals surface area contributed by atoms with Crippen LogP contribution in [0.4, 0.5) is 13.2 Å². The number of aromatic nitrogens is 1. The number of benzene rings is 2. The topological polar surface area (TPSA) is 118 Å². The summed E-state index contributed by atoms with van der Waals surface area (Å²) >= 11 is 0. The van der Waals surface area contributed by atoms with Crippen molar-refractivity contribution in [3.05, 3.63) is 83.2 Å². The molecule has 2 aromatic carbocycles. The van der Waals surface area contributed by atoms with E-state index in [1.54, 1.807) is 36.4 Å². The van der Waals surface area contributed by atoms with E-state index >= 15 is 0 Å². The van der Waals surface area contributed by atoms with E-state index in [1.807, 2.05) is 6.07 Å². The molecule has 1 aromatic heterocycles. The number of halogens is 3. The number of pyridine rings is 1. The molecule has 0 saturated carbocycles. The first-order valence-corrected chi connectivity index (χ1v) is 11.7. The first-order valence-electron chi connectivity index (χ1n) is 11.7. The number of fused-ring (bicyclic) bond motifs is 1. The predicted octanol–water partition coefficient (Wildman–Crippen LogP) is 4.21. The zero-order valence-corrected chi connectivity index (χ0v) is 20.6. The zero-order chi connectivity index (χ0) is 27.7. The van der Waals surface area contributed by atoms with E-state index in [0.717, 1.165) is 43.3 Å². The number of alkyl halides is 3. The number of aryl methyl sites for hydroxylation is 1. The number of hydrogen-bond donors (Lipinski definition) is 2. The molecule has 3 heterocycles. The van der Waals surface area contributed by atoms with E-state index in [0.29, 0.717) is 17.7 Å². The lowest BCUT2D eigenvalue weighted by Crippen LogP contribution is -2.41. The molecule has 2 aliphatic heterocycles. The zero-order valence-electron chi connectivity index (χ0n) is 20.6. The van der Waals surface area contributed by atoms with Crippen molar-refractivity contribution >= 4 is 17.8 Å². The first kappa shape index (κ1) is 26.6. The molecule has 198 valence electrons. The highest BCUT2D eigenvalue weighted by molar-refractivity contribution is 6.09. The van der Waals surface area contributed by atoms with Crippen LogP contribution in [0.5, 0.6) is 5.75 Å². The molecule has 0 fully saturated rings. The van der Waals surface area contributed by atoms with Gasteiger partial charge in [0.25, 0.3) is 11.9 Å². The fourth-order valence-corrected chi connectivity index (χ4v) is 4.55. The Hall–Kier alpha value is -4.41. The number of guanidine groups is 1. The Morgan fingerprint density at radius 3 is 2.53 bits per heavy atom. The van der Waals surface area contributed by atoms with Gasteiger partial charge in [0.15, 0.2) is 11.5 Å². The summed E-state index contributed by atoms with van der Waals surface area (Å²) in [5.41, 5.74) is 5.85. The van der Waals surface area contributed by atoms with E-state index < -0.39 is 23.2 Å². The number of amides is 1. The Bertz CT molecular complexity index is 1420. The molecule has 0 saturated heterocycles. The summed E-state index contributed by atoms with van der Waals surface area (Å²) in [5, 5.41) is 7.42. The number of likely N-dealkylation sites (N-methyl/N-ethyl adjacent to an activating group) is 1. The third kappa shape index (κ3) is 4.91. The molecule has 0 bridgehead atoms. The van der Waals surface area contributed by atoms with Gasteiger partial charge >= 0.3 is 6.18 Å². The van der Waals surface area contributed by atoms with Crippen molar-refractivity contribution < 1.29 is 32.6 Å². The Balaban J connectivity index is 0.000000786. The summed E-state index contributed by atoms with van der Waals surface area (Å²) in [6.45, 7) is 1.71. The summed E-state index contributed by atoms with van der Waals surface area (Å²) in [7, 11) is 1.52. The SMILES string of the molecule is CC(=O)O.CN1C(=O)C(c2cccc(-c3cnccc3C(F)(F)F)c2)(c2ccc3c(c2)CCCO3)N=C1N. The standard InChI is InChI=1S/C25H21F3N4O2.C2H4O2/c1-32-22(33)24(31-23(32)29,18-7-8-21-16(13-18)5-3-11-34-21)17-6-2-4-15(12-17)19-14-30-10-9-20(19)25(26,27)28;1-2(3)4/h2,4,6-10,12-14H,3,5,11H2,1H3,(H2,29,31);1H3,(H,3,4). The summed E-state index contributed by atoms with van der Waals surface area (Å²) in [6, 6.07) is 12.8. The minimum Gasteiger partial charge on any atom is -0.493 e. The van der Waals surface area contributed by atoms with E-state index in [9.17, 15) is 18.0 Å². The number of nitrogens with two attached hydrogens (primary N) is 1. The van der Waals surface area contributed by atoms with E-state index in [4.69, 9.17) is 20.4 Å². The molecule has 3 aromatic rings. The average Bonchev–Trinajstić information content (AvgIpc) is 3.12. The fourth-order valence-electron chi connectivity index (χ4n) is 4.55. The molecule has 0 spiro atoms. The number of hydrogen-bond acceptors (Lipinski definition) is 6. The molecule has 5 rings (SSSR count). The van der Waals surface area contributed by atoms with E-state index in [2.05, 4.69) is 9.98 Å². The molecule has 8 nitrogen and oxygen atoms in total. The van der Waals surface area contributed by atoms with Gasteiger partial charge in [-0.15, -0.1) is 0 Å². The Morgan fingerprint density at radius 1 is 1.16 bits per heavy atom. The fraction of sp³-hybridized carbons (Fsp3) is 0.259. The van der Waals surface area contributed by atoms with Gasteiger partial charge in [0.05, 0.1) is 12.2 Å². The van der Waals surface area contributed by atoms with Crippen LogP contribution < -0.4 is 10.5 Å². The number of nitrogens with zero attached hydrogens (tertiary/aromatic N) is 3. The second-order valence-corrected chi connectivity index (χ2v) is 8.84. The second kappa shape index (κ2) is 10.2. The molecule has 11 heteroatoms. The van der Waals surface area contributed by atoms with Gasteiger partial charge in [-0.3, -0.25) is 19.5 Å². The quantitative estimate of drug-likeness (QED) is 0.528. The molecule has 38 heavy (non-hydrogen) atoms. The van der Waals surface area contributed by atoms with Gasteiger partial charge in [-0.2, -0.15) is 13.2 Å². The number of carboxylic acid groups (broad SMARTS) is 1. The lowest BCUT2D eigenvalue weighted by molar-refractivity contribution is -0.137. The Kier molecular flexibility index (Phi) is 7.12. The van der Waals surface area contributed by atoms with Crippen LogP contribution >= 0.6 is 0 Å². The molecule has 1 unspecified atom stereocenters. The highest BCUT2D eigenvalue weighted by Gasteiger charge is 2.50. The van der Waals surface area contributed by atoms with Gasteiger partial charge in [0, 0.05) is 31.9 Å². The van der Waals surface area contributed by atoms with E-state index in [1.165, 1.54) is 18.1 Å². The Morgan fingerprint density at radius 2 is 1.87 bits per heavy atom. The van der Waals surface area contributed by atoms with Crippen molar-refractivity contribution in [2.75, 3.05) is 13.7 Å². The monoisotopic (exact) mass is 526 g/mol. The molecular weight excluding hydrogens is 501 g/mol. The van der Waals surface area contributed by atoms with Crippen LogP contribution in [0.25, 0.3) is 11.1 Å². The third-order valence-corrected chi connectivity index (χ3v) is 6.28. The number of aliphatic carboxylic acids is 1. The number of aliphatic imine (C=N–C) groups is 1. The maximum atomic E-state index is 13.7. The summed E-state index contributed by atoms with van der Waals surface area (Å²) < 4.78 is 46.7. The molecule has 1 amide bonds. The second-order valence-electron chi connectivity index (χ2n) is 8.84. The number of carbonyl (C=O) groups is 2. The summed E-state index contributed by atoms with van der Waals surface area (Å²) in [5.74, 6) is -0.442. The van der Waals surface area contributed by atoms with Gasteiger partial charge in [0.1, 0.15) is 5.75 Å². The van der Waals surface area contributed by atoms with E-state index in [-0.39, 0.29) is 23.0 Å². The van der Waals surface area contributed by atoms with Crippen molar-refractivity contribution in [3.8, 4) is 16.9 Å². The molecular formula is C27H25F3N4O4. The maximum absolute atomic E-state index is 13.7. The molecule has 1 atom stereocenters. The van der Waals surface area contributed by atoms with Crippen molar-refractivity contribution in [1.29, 1.82) is 0 Å². The molecule has 2 aliphatic rings. The number of rotatable bonds is 3. The van der Waals surface area contributed by atoms with Crippen molar-refractivity contribution in [2.45, 2.75) is 31.5 Å². The molecule has 0 aliphatic carbocycles. The van der Waals surface area contributed by atoms with Gasteiger partial charge in [-0.05, 0) is 59.4 Å². The third-order valence-electron chi connectivity index (χ3n) is 6.28. The number of carbonyl (C=O) groups excluding carboxylic acids is 1. The van der Waals surface area contributed by atoms with Crippen LogP contribution in [0.15, 0.2) is 65.9 Å². The number of carboxylic acids is 1. The lowest BCUT2D eigenvalue weighted by Gasteiger charge is -2.28. The normalized spacial score (nSPS) is 18.6.